The highest BCUT2D eigenvalue weighted by Gasteiger charge is 2.10. The van der Waals surface area contributed by atoms with Gasteiger partial charge in [-0.25, -0.2) is 0 Å². The smallest absolute Gasteiger partial charge is 0.188 e. The first kappa shape index (κ1) is 22.0. The van der Waals surface area contributed by atoms with Crippen molar-refractivity contribution in [1.82, 2.24) is 10.2 Å². The zero-order valence-electron chi connectivity index (χ0n) is 15.5. The van der Waals surface area contributed by atoms with Crippen LogP contribution in [0.2, 0.25) is 0 Å². The molecule has 1 saturated heterocycles. The van der Waals surface area contributed by atoms with Gasteiger partial charge in [0.25, 0.3) is 0 Å². The Balaban J connectivity index is 0.00000312. The summed E-state index contributed by atoms with van der Waals surface area (Å²) in [6, 6.07) is 8.68. The molecule has 0 aromatic heterocycles. The molecule has 5 nitrogen and oxygen atoms in total. The minimum atomic E-state index is 0. The summed E-state index contributed by atoms with van der Waals surface area (Å²) in [5, 5.41) is 3.17. The number of ether oxygens (including phenoxy) is 1. The van der Waals surface area contributed by atoms with Gasteiger partial charge in [-0.2, -0.15) is 0 Å². The van der Waals surface area contributed by atoms with Crippen molar-refractivity contribution >= 4 is 29.9 Å². The van der Waals surface area contributed by atoms with Crippen LogP contribution in [-0.4, -0.2) is 49.7 Å². The standard InChI is InChI=1S/C19H32N4O.HI/c1-3-16(2)22-19(20)21-11-10-17-6-8-18(9-7-17)24-15-14-23-12-4-5-13-23;/h6-9,16H,3-5,10-15H2,1-2H3,(H3,20,21,22);1H. The van der Waals surface area contributed by atoms with E-state index in [4.69, 9.17) is 10.5 Å². The zero-order valence-corrected chi connectivity index (χ0v) is 17.9. The predicted octanol–water partition coefficient (Wildman–Crippen LogP) is 3.02. The molecule has 3 N–H and O–H groups in total. The fourth-order valence-electron chi connectivity index (χ4n) is 2.76. The van der Waals surface area contributed by atoms with Gasteiger partial charge in [-0.15, -0.1) is 24.0 Å². The van der Waals surface area contributed by atoms with Crippen LogP contribution in [0.5, 0.6) is 5.75 Å². The number of hydrogen-bond donors (Lipinski definition) is 2. The van der Waals surface area contributed by atoms with Gasteiger partial charge in [0.2, 0.25) is 0 Å². The molecule has 25 heavy (non-hydrogen) atoms. The molecule has 1 atom stereocenters. The molecular weight excluding hydrogens is 427 g/mol. The highest BCUT2D eigenvalue weighted by Crippen LogP contribution is 2.13. The van der Waals surface area contributed by atoms with E-state index in [1.165, 1.54) is 31.5 Å². The largest absolute Gasteiger partial charge is 0.492 e. The number of halogens is 1. The van der Waals surface area contributed by atoms with Crippen LogP contribution in [0, 0.1) is 0 Å². The molecule has 2 rings (SSSR count). The van der Waals surface area contributed by atoms with Crippen molar-refractivity contribution in [2.24, 2.45) is 10.7 Å². The molecule has 1 heterocycles. The first-order valence-corrected chi connectivity index (χ1v) is 9.18. The second-order valence-corrected chi connectivity index (χ2v) is 6.51. The highest BCUT2D eigenvalue weighted by atomic mass is 127. The molecule has 142 valence electrons. The van der Waals surface area contributed by atoms with Crippen LogP contribution in [0.1, 0.15) is 38.7 Å². The van der Waals surface area contributed by atoms with Crippen LogP contribution in [0.25, 0.3) is 0 Å². The number of likely N-dealkylation sites (tertiary alicyclic amines) is 1. The number of nitrogens with zero attached hydrogens (tertiary/aromatic N) is 2. The lowest BCUT2D eigenvalue weighted by molar-refractivity contribution is 0.238. The van der Waals surface area contributed by atoms with Gasteiger partial charge < -0.3 is 15.8 Å². The molecule has 0 saturated carbocycles. The summed E-state index contributed by atoms with van der Waals surface area (Å²) in [6.45, 7) is 9.16. The Hall–Kier alpha value is -1.02. The van der Waals surface area contributed by atoms with Gasteiger partial charge in [0.1, 0.15) is 12.4 Å². The topological polar surface area (TPSA) is 62.9 Å². The second kappa shape index (κ2) is 12.4. The van der Waals surface area contributed by atoms with Crippen molar-refractivity contribution in [3.05, 3.63) is 29.8 Å². The maximum Gasteiger partial charge on any atom is 0.188 e. The van der Waals surface area contributed by atoms with Crippen LogP contribution in [-0.2, 0) is 6.42 Å². The lowest BCUT2D eigenvalue weighted by Crippen LogP contribution is -2.38. The van der Waals surface area contributed by atoms with Crippen LogP contribution in [0.15, 0.2) is 29.3 Å². The molecule has 0 bridgehead atoms. The molecule has 1 aromatic rings. The Morgan fingerprint density at radius 2 is 1.96 bits per heavy atom. The molecular formula is C19H33IN4O. The van der Waals surface area contributed by atoms with Gasteiger partial charge in [0.05, 0.1) is 0 Å². The summed E-state index contributed by atoms with van der Waals surface area (Å²) >= 11 is 0. The van der Waals surface area contributed by atoms with E-state index in [-0.39, 0.29) is 24.0 Å². The zero-order chi connectivity index (χ0) is 17.2. The number of benzene rings is 1. The van der Waals surface area contributed by atoms with Crippen molar-refractivity contribution in [2.45, 2.75) is 45.6 Å². The molecule has 1 fully saturated rings. The van der Waals surface area contributed by atoms with E-state index in [9.17, 15) is 0 Å². The van der Waals surface area contributed by atoms with Gasteiger partial charge >= 0.3 is 0 Å². The Morgan fingerprint density at radius 3 is 2.60 bits per heavy atom. The summed E-state index contributed by atoms with van der Waals surface area (Å²) < 4.78 is 5.82. The minimum Gasteiger partial charge on any atom is -0.492 e. The number of nitrogens with two attached hydrogens (primary N) is 1. The van der Waals surface area contributed by atoms with Crippen molar-refractivity contribution in [1.29, 1.82) is 0 Å². The Labute approximate surface area is 169 Å². The number of hydrogen-bond acceptors (Lipinski definition) is 3. The van der Waals surface area contributed by atoms with Crippen molar-refractivity contribution in [3.8, 4) is 5.75 Å². The van der Waals surface area contributed by atoms with Gasteiger partial charge in [-0.1, -0.05) is 19.1 Å². The van der Waals surface area contributed by atoms with Gasteiger partial charge in [0, 0.05) is 19.1 Å². The molecule has 0 aliphatic carbocycles. The summed E-state index contributed by atoms with van der Waals surface area (Å²) in [7, 11) is 0. The predicted molar refractivity (Wildman–Crippen MR) is 116 cm³/mol. The number of rotatable bonds is 9. The van der Waals surface area contributed by atoms with E-state index in [1.807, 2.05) is 12.1 Å². The maximum absolute atomic E-state index is 5.86. The first-order valence-electron chi connectivity index (χ1n) is 9.18. The molecule has 1 aromatic carbocycles. The van der Waals surface area contributed by atoms with Gasteiger partial charge in [-0.3, -0.25) is 9.89 Å². The van der Waals surface area contributed by atoms with Gasteiger partial charge in [-0.05, 0) is 63.4 Å². The third kappa shape index (κ3) is 8.76. The SMILES string of the molecule is CCC(C)NC(N)=NCCc1ccc(OCCN2CCCC2)cc1.I. The molecule has 0 spiro atoms. The second-order valence-electron chi connectivity index (χ2n) is 6.51. The van der Waals surface area contributed by atoms with E-state index in [0.717, 1.165) is 31.7 Å². The molecule has 1 aliphatic rings. The Kier molecular flexibility index (Phi) is 10.9. The lowest BCUT2D eigenvalue weighted by Gasteiger charge is -2.15. The quantitative estimate of drug-likeness (QED) is 0.338. The molecule has 1 aliphatic heterocycles. The number of nitrogens with one attached hydrogen (secondary N) is 1. The summed E-state index contributed by atoms with van der Waals surface area (Å²) in [4.78, 5) is 6.83. The van der Waals surface area contributed by atoms with Crippen molar-refractivity contribution in [2.75, 3.05) is 32.8 Å². The first-order chi connectivity index (χ1) is 11.7. The van der Waals surface area contributed by atoms with Crippen molar-refractivity contribution in [3.63, 3.8) is 0 Å². The van der Waals surface area contributed by atoms with E-state index in [0.29, 0.717) is 18.5 Å². The third-order valence-electron chi connectivity index (χ3n) is 4.49. The maximum atomic E-state index is 5.86. The Bertz CT molecular complexity index is 501. The van der Waals surface area contributed by atoms with E-state index in [1.54, 1.807) is 0 Å². The van der Waals surface area contributed by atoms with Crippen LogP contribution in [0.3, 0.4) is 0 Å². The van der Waals surface area contributed by atoms with E-state index in [2.05, 4.69) is 41.2 Å². The molecule has 0 radical (unpaired) electrons. The molecule has 0 amide bonds. The van der Waals surface area contributed by atoms with Crippen LogP contribution >= 0.6 is 24.0 Å². The van der Waals surface area contributed by atoms with Crippen molar-refractivity contribution < 1.29 is 4.74 Å². The normalized spacial score (nSPS) is 16.3. The average Bonchev–Trinajstić information content (AvgIpc) is 3.09. The van der Waals surface area contributed by atoms with Crippen LogP contribution < -0.4 is 15.8 Å². The van der Waals surface area contributed by atoms with E-state index >= 15 is 0 Å². The fourth-order valence-corrected chi connectivity index (χ4v) is 2.76. The summed E-state index contributed by atoms with van der Waals surface area (Å²) in [6.07, 6.45) is 4.58. The van der Waals surface area contributed by atoms with E-state index < -0.39 is 0 Å². The molecule has 1 unspecified atom stereocenters. The summed E-state index contributed by atoms with van der Waals surface area (Å²) in [5.74, 6) is 1.48. The monoisotopic (exact) mass is 460 g/mol. The summed E-state index contributed by atoms with van der Waals surface area (Å²) in [5.41, 5.74) is 7.11. The molecule has 6 heteroatoms. The Morgan fingerprint density at radius 1 is 1.28 bits per heavy atom. The third-order valence-corrected chi connectivity index (χ3v) is 4.49. The number of guanidine groups is 1. The number of aliphatic imine (C=N–C) groups is 1. The minimum absolute atomic E-state index is 0. The lowest BCUT2D eigenvalue weighted by atomic mass is 10.1. The average molecular weight is 460 g/mol. The van der Waals surface area contributed by atoms with Crippen LogP contribution in [0.4, 0.5) is 0 Å². The fraction of sp³-hybridized carbons (Fsp3) is 0.632. The van der Waals surface area contributed by atoms with Gasteiger partial charge in [0.15, 0.2) is 5.96 Å². The highest BCUT2D eigenvalue weighted by molar-refractivity contribution is 14.0.